The molecule has 0 saturated carbocycles. The van der Waals surface area contributed by atoms with Crippen LogP contribution in [-0.4, -0.2) is 0 Å². The summed E-state index contributed by atoms with van der Waals surface area (Å²) < 4.78 is 150. The molecule has 0 saturated heterocycles. The molecule has 0 aliphatic heterocycles. The molecule has 10 heteroatoms. The van der Waals surface area contributed by atoms with Gasteiger partial charge in [0, 0.05) is 0 Å². The number of halogens is 10. The van der Waals surface area contributed by atoms with Gasteiger partial charge in [0.05, 0.1) is 11.1 Å². The lowest BCUT2D eigenvalue weighted by molar-refractivity contribution is 0.381. The molecule has 0 atom stereocenters. The highest BCUT2D eigenvalue weighted by Gasteiger charge is 2.31. The molecule has 286 valence electrons. The molecule has 0 N–H and O–H groups in total. The summed E-state index contributed by atoms with van der Waals surface area (Å²) in [6, 6.07) is 38.8. The highest BCUT2D eigenvalue weighted by Crippen LogP contribution is 2.51. The maximum Gasteiger partial charge on any atom is 0.200 e. The third kappa shape index (κ3) is 6.21. The first kappa shape index (κ1) is 38.0. The van der Waals surface area contributed by atoms with E-state index in [1.807, 2.05) is 0 Å². The molecule has 0 radical (unpaired) electrons. The number of benzene rings is 8. The van der Waals surface area contributed by atoms with Gasteiger partial charge >= 0.3 is 0 Å². The van der Waals surface area contributed by atoms with Gasteiger partial charge in [0.25, 0.3) is 0 Å². The van der Waals surface area contributed by atoms with E-state index in [0.29, 0.717) is 33.4 Å². The fraction of sp³-hybridized carbons (Fsp3) is 0. The zero-order valence-electron chi connectivity index (χ0n) is 29.6. The van der Waals surface area contributed by atoms with E-state index in [0.717, 1.165) is 0 Å². The van der Waals surface area contributed by atoms with Crippen LogP contribution in [0.2, 0.25) is 0 Å². The van der Waals surface area contributed by atoms with Crippen LogP contribution in [0.5, 0.6) is 0 Å². The standard InChI is InChI=1S/C48H24F10/c49-39-37(40(50)44(54)47(57)43(39)53)33-19-9-7-17-29(33)31-23-11-21-27(25-13-3-1-4-14-25)35(31)36-28(26-15-5-2-6-16-26)22-12-24-32(36)30-18-8-10-20-34(30)38-41(51)45(55)48(58)46(56)42(38)52/h1-24H. The van der Waals surface area contributed by atoms with Gasteiger partial charge in [-0.15, -0.1) is 0 Å². The van der Waals surface area contributed by atoms with Crippen molar-refractivity contribution in [2.45, 2.75) is 0 Å². The Morgan fingerprint density at radius 3 is 0.741 bits per heavy atom. The minimum atomic E-state index is -2.32. The number of hydrogen-bond acceptors (Lipinski definition) is 0. The molecule has 0 aliphatic carbocycles. The molecule has 8 aromatic rings. The second-order valence-electron chi connectivity index (χ2n) is 13.2. The van der Waals surface area contributed by atoms with E-state index >= 15 is 17.6 Å². The molecule has 0 fully saturated rings. The van der Waals surface area contributed by atoms with Crippen molar-refractivity contribution < 1.29 is 43.9 Å². The predicted molar refractivity (Wildman–Crippen MR) is 204 cm³/mol. The zero-order chi connectivity index (χ0) is 40.8. The molecular weight excluding hydrogens is 767 g/mol. The molecule has 0 nitrogen and oxygen atoms in total. The van der Waals surface area contributed by atoms with Crippen LogP contribution in [0.3, 0.4) is 0 Å². The second kappa shape index (κ2) is 15.2. The minimum Gasteiger partial charge on any atom is -0.203 e. The lowest BCUT2D eigenvalue weighted by Gasteiger charge is -2.24. The fourth-order valence-electron chi connectivity index (χ4n) is 7.36. The summed E-state index contributed by atoms with van der Waals surface area (Å²) in [5.41, 5.74) is 0.451. The zero-order valence-corrected chi connectivity index (χ0v) is 29.6. The quantitative estimate of drug-likeness (QED) is 0.0857. The van der Waals surface area contributed by atoms with Crippen LogP contribution in [0.15, 0.2) is 146 Å². The summed E-state index contributed by atoms with van der Waals surface area (Å²) in [6.45, 7) is 0. The Labute approximate surface area is 324 Å². The maximum atomic E-state index is 15.6. The molecule has 0 heterocycles. The van der Waals surface area contributed by atoms with Crippen LogP contribution in [0.25, 0.3) is 77.9 Å². The third-order valence-corrected chi connectivity index (χ3v) is 9.94. The van der Waals surface area contributed by atoms with E-state index in [1.165, 1.54) is 48.5 Å². The molecule has 0 unspecified atom stereocenters. The van der Waals surface area contributed by atoms with Gasteiger partial charge in [0.15, 0.2) is 46.5 Å². The molecule has 8 rings (SSSR count). The number of rotatable bonds is 7. The van der Waals surface area contributed by atoms with Crippen molar-refractivity contribution in [3.63, 3.8) is 0 Å². The fourth-order valence-corrected chi connectivity index (χ4v) is 7.36. The van der Waals surface area contributed by atoms with Crippen LogP contribution < -0.4 is 0 Å². The van der Waals surface area contributed by atoms with Crippen LogP contribution in [-0.2, 0) is 0 Å². The van der Waals surface area contributed by atoms with E-state index < -0.39 is 69.3 Å². The Balaban J connectivity index is 1.55. The van der Waals surface area contributed by atoms with Gasteiger partial charge in [-0.05, 0) is 66.8 Å². The van der Waals surface area contributed by atoms with Crippen molar-refractivity contribution >= 4 is 0 Å². The van der Waals surface area contributed by atoms with Gasteiger partial charge in [0.1, 0.15) is 0 Å². The molecule has 0 amide bonds. The summed E-state index contributed by atoms with van der Waals surface area (Å²) in [5, 5.41) is 0. The second-order valence-corrected chi connectivity index (χ2v) is 13.2. The average molecular weight is 791 g/mol. The van der Waals surface area contributed by atoms with E-state index in [2.05, 4.69) is 0 Å². The molecule has 0 spiro atoms. The monoisotopic (exact) mass is 790 g/mol. The van der Waals surface area contributed by atoms with Crippen LogP contribution in [0.4, 0.5) is 43.9 Å². The van der Waals surface area contributed by atoms with Crippen LogP contribution in [0, 0.1) is 58.2 Å². The first-order valence-corrected chi connectivity index (χ1v) is 17.6. The Morgan fingerprint density at radius 1 is 0.172 bits per heavy atom. The molecule has 0 aliphatic rings. The Bertz CT molecular complexity index is 2630. The van der Waals surface area contributed by atoms with Crippen molar-refractivity contribution in [1.29, 1.82) is 0 Å². The summed E-state index contributed by atoms with van der Waals surface area (Å²) in [5.74, 6) is -21.4. The molecule has 8 aromatic carbocycles. The van der Waals surface area contributed by atoms with Gasteiger partial charge in [-0.3, -0.25) is 0 Å². The van der Waals surface area contributed by atoms with Crippen molar-refractivity contribution in [1.82, 2.24) is 0 Å². The van der Waals surface area contributed by atoms with Crippen molar-refractivity contribution in [3.05, 3.63) is 204 Å². The van der Waals surface area contributed by atoms with Gasteiger partial charge in [-0.1, -0.05) is 146 Å². The van der Waals surface area contributed by atoms with Crippen LogP contribution in [0.1, 0.15) is 0 Å². The van der Waals surface area contributed by atoms with E-state index in [9.17, 15) is 26.3 Å². The van der Waals surface area contributed by atoms with E-state index in [-0.39, 0.29) is 33.4 Å². The Morgan fingerprint density at radius 2 is 0.414 bits per heavy atom. The van der Waals surface area contributed by atoms with Crippen molar-refractivity contribution in [2.24, 2.45) is 0 Å². The largest absolute Gasteiger partial charge is 0.203 e. The highest BCUT2D eigenvalue weighted by molar-refractivity contribution is 6.08. The van der Waals surface area contributed by atoms with Crippen molar-refractivity contribution in [3.8, 4) is 77.9 Å². The SMILES string of the molecule is Fc1c(F)c(F)c(-c2ccccc2-c2cccc(-c3ccccc3)c2-c2c(-c3ccccc3)cccc2-c2ccccc2-c2c(F)c(F)c(F)c(F)c2F)c(F)c1F. The summed E-state index contributed by atoms with van der Waals surface area (Å²) >= 11 is 0. The molecule has 58 heavy (non-hydrogen) atoms. The molecule has 0 bridgehead atoms. The molecular formula is C48H24F10. The number of hydrogen-bond donors (Lipinski definition) is 0. The van der Waals surface area contributed by atoms with Gasteiger partial charge in [-0.25, -0.2) is 43.9 Å². The van der Waals surface area contributed by atoms with Crippen LogP contribution >= 0.6 is 0 Å². The third-order valence-electron chi connectivity index (χ3n) is 9.94. The Hall–Kier alpha value is -6.94. The predicted octanol–water partition coefficient (Wildman–Crippen LogP) is 14.7. The van der Waals surface area contributed by atoms with E-state index in [4.69, 9.17) is 0 Å². The lowest BCUT2D eigenvalue weighted by Crippen LogP contribution is -2.05. The normalized spacial score (nSPS) is 11.3. The summed E-state index contributed by atoms with van der Waals surface area (Å²) in [7, 11) is 0. The van der Waals surface area contributed by atoms with E-state index in [1.54, 1.807) is 97.1 Å². The smallest absolute Gasteiger partial charge is 0.200 e. The molecule has 0 aromatic heterocycles. The van der Waals surface area contributed by atoms with Gasteiger partial charge in [-0.2, -0.15) is 0 Å². The topological polar surface area (TPSA) is 0 Å². The van der Waals surface area contributed by atoms with Crippen molar-refractivity contribution in [2.75, 3.05) is 0 Å². The summed E-state index contributed by atoms with van der Waals surface area (Å²) in [4.78, 5) is 0. The summed E-state index contributed by atoms with van der Waals surface area (Å²) in [6.07, 6.45) is 0. The first-order chi connectivity index (χ1) is 28.0. The van der Waals surface area contributed by atoms with Gasteiger partial charge < -0.3 is 0 Å². The minimum absolute atomic E-state index is 0.0420. The average Bonchev–Trinajstić information content (AvgIpc) is 3.27. The first-order valence-electron chi connectivity index (χ1n) is 17.6. The maximum absolute atomic E-state index is 15.6. The van der Waals surface area contributed by atoms with Gasteiger partial charge in [0.2, 0.25) is 11.6 Å². The lowest BCUT2D eigenvalue weighted by atomic mass is 9.79. The Kier molecular flexibility index (Phi) is 9.94. The highest BCUT2D eigenvalue weighted by atomic mass is 19.2.